The Kier molecular flexibility index (Phi) is 5.06. The third-order valence-corrected chi connectivity index (χ3v) is 2.57. The minimum absolute atomic E-state index is 0.546. The van der Waals surface area contributed by atoms with Crippen molar-refractivity contribution in [2.75, 3.05) is 30.8 Å². The molecule has 0 unspecified atom stereocenters. The molecular weight excluding hydrogens is 254 g/mol. The molecule has 0 spiro atoms. The zero-order valence-corrected chi connectivity index (χ0v) is 11.5. The van der Waals surface area contributed by atoms with Crippen LogP contribution in [0.1, 0.15) is 6.92 Å². The molecule has 0 bridgehead atoms. The van der Waals surface area contributed by atoms with E-state index in [0.29, 0.717) is 25.6 Å². The molecule has 106 valence electrons. The van der Waals surface area contributed by atoms with Gasteiger partial charge in [0.2, 0.25) is 5.88 Å². The second-order valence-corrected chi connectivity index (χ2v) is 4.14. The molecule has 0 fully saturated rings. The number of nitrogen functional groups attached to an aromatic ring is 1. The molecule has 1 aromatic carbocycles. The summed E-state index contributed by atoms with van der Waals surface area (Å²) in [4.78, 5) is 4.31. The third kappa shape index (κ3) is 4.35. The van der Waals surface area contributed by atoms with Gasteiger partial charge in [0.1, 0.15) is 18.2 Å². The highest BCUT2D eigenvalue weighted by molar-refractivity contribution is 5.41. The van der Waals surface area contributed by atoms with E-state index in [9.17, 15) is 0 Å². The third-order valence-electron chi connectivity index (χ3n) is 2.57. The maximum Gasteiger partial charge on any atom is 0.215 e. The molecule has 0 aliphatic heterocycles. The van der Waals surface area contributed by atoms with E-state index in [2.05, 4.69) is 10.3 Å². The number of nitrogens with zero attached hydrogens (tertiary/aromatic N) is 1. The first-order valence-electron chi connectivity index (χ1n) is 6.60. The van der Waals surface area contributed by atoms with Crippen LogP contribution in [0.25, 0.3) is 0 Å². The highest BCUT2D eigenvalue weighted by Gasteiger charge is 1.98. The maximum absolute atomic E-state index is 5.61. The maximum atomic E-state index is 5.61. The van der Waals surface area contributed by atoms with Crippen LogP contribution in [-0.4, -0.2) is 24.7 Å². The quantitative estimate of drug-likeness (QED) is 0.599. The second kappa shape index (κ2) is 7.23. The smallest absolute Gasteiger partial charge is 0.215 e. The molecule has 1 heterocycles. The SMILES string of the molecule is CCOc1cccc(NCCOc2ccc(N)cc2)n1. The number of hydrogen-bond acceptors (Lipinski definition) is 5. The number of nitrogens with two attached hydrogens (primary N) is 1. The molecule has 1 aromatic heterocycles. The summed E-state index contributed by atoms with van der Waals surface area (Å²) in [6.45, 7) is 3.75. The highest BCUT2D eigenvalue weighted by Crippen LogP contribution is 2.13. The van der Waals surface area contributed by atoms with E-state index in [1.165, 1.54) is 0 Å². The summed E-state index contributed by atoms with van der Waals surface area (Å²) in [6, 6.07) is 13.0. The van der Waals surface area contributed by atoms with Crippen molar-refractivity contribution in [3.8, 4) is 11.6 Å². The van der Waals surface area contributed by atoms with Crippen molar-refractivity contribution >= 4 is 11.5 Å². The van der Waals surface area contributed by atoms with Crippen molar-refractivity contribution in [1.29, 1.82) is 0 Å². The van der Waals surface area contributed by atoms with Crippen LogP contribution in [0.5, 0.6) is 11.6 Å². The van der Waals surface area contributed by atoms with Gasteiger partial charge < -0.3 is 20.5 Å². The highest BCUT2D eigenvalue weighted by atomic mass is 16.5. The van der Waals surface area contributed by atoms with Crippen LogP contribution >= 0.6 is 0 Å². The predicted molar refractivity (Wildman–Crippen MR) is 80.2 cm³/mol. The number of benzene rings is 1. The molecule has 0 atom stereocenters. The van der Waals surface area contributed by atoms with Gasteiger partial charge in [-0.05, 0) is 37.3 Å². The molecule has 3 N–H and O–H groups in total. The van der Waals surface area contributed by atoms with Gasteiger partial charge >= 0.3 is 0 Å². The number of aromatic nitrogens is 1. The fourth-order valence-electron chi connectivity index (χ4n) is 1.65. The Labute approximate surface area is 118 Å². The molecule has 20 heavy (non-hydrogen) atoms. The number of anilines is 2. The van der Waals surface area contributed by atoms with Gasteiger partial charge in [-0.3, -0.25) is 0 Å². The van der Waals surface area contributed by atoms with Crippen LogP contribution < -0.4 is 20.5 Å². The largest absolute Gasteiger partial charge is 0.492 e. The van der Waals surface area contributed by atoms with Crippen molar-refractivity contribution in [2.24, 2.45) is 0 Å². The molecule has 2 rings (SSSR count). The van der Waals surface area contributed by atoms with Crippen LogP contribution in [0.4, 0.5) is 11.5 Å². The lowest BCUT2D eigenvalue weighted by molar-refractivity contribution is 0.326. The van der Waals surface area contributed by atoms with Crippen molar-refractivity contribution in [3.05, 3.63) is 42.5 Å². The Hall–Kier alpha value is -2.43. The lowest BCUT2D eigenvalue weighted by Gasteiger charge is -2.09. The van der Waals surface area contributed by atoms with Gasteiger partial charge in [0, 0.05) is 11.8 Å². The van der Waals surface area contributed by atoms with Crippen LogP contribution in [0, 0.1) is 0 Å². The van der Waals surface area contributed by atoms with E-state index in [1.807, 2.05) is 49.4 Å². The summed E-state index contributed by atoms with van der Waals surface area (Å²) in [5.41, 5.74) is 6.34. The Morgan fingerprint density at radius 2 is 1.90 bits per heavy atom. The molecule has 0 aliphatic carbocycles. The predicted octanol–water partition coefficient (Wildman–Crippen LogP) is 2.55. The Morgan fingerprint density at radius 1 is 1.10 bits per heavy atom. The van der Waals surface area contributed by atoms with Crippen LogP contribution in [0.3, 0.4) is 0 Å². The Balaban J connectivity index is 1.75. The van der Waals surface area contributed by atoms with E-state index in [4.69, 9.17) is 15.2 Å². The fourth-order valence-corrected chi connectivity index (χ4v) is 1.65. The van der Waals surface area contributed by atoms with Gasteiger partial charge in [-0.15, -0.1) is 0 Å². The van der Waals surface area contributed by atoms with Gasteiger partial charge in [-0.1, -0.05) is 6.07 Å². The molecule has 0 saturated heterocycles. The first kappa shape index (κ1) is 14.0. The average molecular weight is 273 g/mol. The van der Waals surface area contributed by atoms with Crippen LogP contribution in [-0.2, 0) is 0 Å². The standard InChI is InChI=1S/C15H19N3O2/c1-2-19-15-5-3-4-14(18-15)17-10-11-20-13-8-6-12(16)7-9-13/h3-9H,2,10-11,16H2,1H3,(H,17,18). The van der Waals surface area contributed by atoms with Crippen molar-refractivity contribution in [2.45, 2.75) is 6.92 Å². The summed E-state index contributed by atoms with van der Waals surface area (Å²) in [5, 5.41) is 3.18. The molecule has 5 heteroatoms. The summed E-state index contributed by atoms with van der Waals surface area (Å²) in [6.07, 6.45) is 0. The normalized spacial score (nSPS) is 10.1. The van der Waals surface area contributed by atoms with E-state index in [1.54, 1.807) is 0 Å². The number of ether oxygens (including phenoxy) is 2. The number of pyridine rings is 1. The van der Waals surface area contributed by atoms with Crippen molar-refractivity contribution < 1.29 is 9.47 Å². The number of nitrogens with one attached hydrogen (secondary N) is 1. The zero-order chi connectivity index (χ0) is 14.2. The topological polar surface area (TPSA) is 69.4 Å². The molecular formula is C15H19N3O2. The number of rotatable bonds is 7. The minimum Gasteiger partial charge on any atom is -0.492 e. The van der Waals surface area contributed by atoms with Gasteiger partial charge in [-0.2, -0.15) is 4.98 Å². The van der Waals surface area contributed by atoms with Crippen LogP contribution in [0.2, 0.25) is 0 Å². The van der Waals surface area contributed by atoms with Gasteiger partial charge in [-0.25, -0.2) is 0 Å². The minimum atomic E-state index is 0.546. The Bertz CT molecular complexity index is 529. The summed E-state index contributed by atoms with van der Waals surface area (Å²) < 4.78 is 10.9. The van der Waals surface area contributed by atoms with Gasteiger partial charge in [0.05, 0.1) is 13.2 Å². The summed E-state index contributed by atoms with van der Waals surface area (Å²) in [5.74, 6) is 2.20. The lowest BCUT2D eigenvalue weighted by atomic mass is 10.3. The lowest BCUT2D eigenvalue weighted by Crippen LogP contribution is -2.12. The van der Waals surface area contributed by atoms with Gasteiger partial charge in [0.25, 0.3) is 0 Å². The molecule has 2 aromatic rings. The monoisotopic (exact) mass is 273 g/mol. The second-order valence-electron chi connectivity index (χ2n) is 4.14. The summed E-state index contributed by atoms with van der Waals surface area (Å²) in [7, 11) is 0. The summed E-state index contributed by atoms with van der Waals surface area (Å²) >= 11 is 0. The molecule has 5 nitrogen and oxygen atoms in total. The molecule has 0 radical (unpaired) electrons. The Morgan fingerprint density at radius 3 is 2.65 bits per heavy atom. The van der Waals surface area contributed by atoms with Gasteiger partial charge in [0.15, 0.2) is 0 Å². The van der Waals surface area contributed by atoms with E-state index < -0.39 is 0 Å². The van der Waals surface area contributed by atoms with E-state index in [-0.39, 0.29) is 0 Å². The van der Waals surface area contributed by atoms with Crippen molar-refractivity contribution in [1.82, 2.24) is 4.98 Å². The zero-order valence-electron chi connectivity index (χ0n) is 11.5. The molecule has 0 saturated carbocycles. The first-order chi connectivity index (χ1) is 9.78. The van der Waals surface area contributed by atoms with E-state index in [0.717, 1.165) is 17.3 Å². The average Bonchev–Trinajstić information content (AvgIpc) is 2.46. The van der Waals surface area contributed by atoms with Crippen LogP contribution in [0.15, 0.2) is 42.5 Å². The molecule has 0 aliphatic rings. The first-order valence-corrected chi connectivity index (χ1v) is 6.60. The number of hydrogen-bond donors (Lipinski definition) is 2. The molecule has 0 amide bonds. The van der Waals surface area contributed by atoms with Crippen molar-refractivity contribution in [3.63, 3.8) is 0 Å². The fraction of sp³-hybridized carbons (Fsp3) is 0.267. The van der Waals surface area contributed by atoms with E-state index >= 15 is 0 Å².